The summed E-state index contributed by atoms with van der Waals surface area (Å²) in [6.07, 6.45) is 5.38. The smallest absolute Gasteiger partial charge is 0.252 e. The van der Waals surface area contributed by atoms with Gasteiger partial charge in [-0.2, -0.15) is 0 Å². The Kier molecular flexibility index (Phi) is 9.71. The normalized spacial score (nSPS) is 18.0. The molecule has 7 nitrogen and oxygen atoms in total. The number of carbonyl (C=O) groups is 3. The molecular weight excluding hydrogens is 500 g/mol. The van der Waals surface area contributed by atoms with Crippen LogP contribution in [-0.2, 0) is 14.4 Å². The third-order valence-electron chi connectivity index (χ3n) is 7.26. The molecule has 1 heterocycles. The van der Waals surface area contributed by atoms with Gasteiger partial charge >= 0.3 is 0 Å². The fraction of sp³-hybridized carbons (Fsp3) is 0.467. The molecule has 2 N–H and O–H groups in total. The molecule has 8 heteroatoms. The summed E-state index contributed by atoms with van der Waals surface area (Å²) in [6.45, 7) is 5.53. The summed E-state index contributed by atoms with van der Waals surface area (Å²) in [7, 11) is 1.82. The molecule has 1 saturated carbocycles. The first-order valence-corrected chi connectivity index (χ1v) is 13.3. The van der Waals surface area contributed by atoms with E-state index in [0.717, 1.165) is 42.6 Å². The van der Waals surface area contributed by atoms with Crippen LogP contribution in [0.1, 0.15) is 64.9 Å². The van der Waals surface area contributed by atoms with Crippen molar-refractivity contribution < 1.29 is 14.4 Å². The molecule has 0 radical (unpaired) electrons. The van der Waals surface area contributed by atoms with E-state index in [-0.39, 0.29) is 48.9 Å². The zero-order chi connectivity index (χ0) is 26.6. The monoisotopic (exact) mass is 538 g/mol. The number of rotatable bonds is 7. The number of anilines is 3. The predicted octanol–water partition coefficient (Wildman–Crippen LogP) is 5.88. The van der Waals surface area contributed by atoms with E-state index < -0.39 is 11.5 Å². The summed E-state index contributed by atoms with van der Waals surface area (Å²) in [4.78, 5) is 46.8. The van der Waals surface area contributed by atoms with Crippen molar-refractivity contribution in [3.63, 3.8) is 0 Å². The lowest BCUT2D eigenvalue weighted by molar-refractivity contribution is -0.128. The van der Waals surface area contributed by atoms with Crippen LogP contribution in [0.5, 0.6) is 0 Å². The largest absolute Gasteiger partial charge is 0.388 e. The maximum Gasteiger partial charge on any atom is 0.252 e. The van der Waals surface area contributed by atoms with Crippen molar-refractivity contribution in [1.82, 2.24) is 0 Å². The number of aliphatic imine (C=N–C) groups is 1. The first-order chi connectivity index (χ1) is 17.7. The van der Waals surface area contributed by atoms with Crippen molar-refractivity contribution in [2.45, 2.75) is 65.3 Å². The number of para-hydroxylation sites is 1. The minimum absolute atomic E-state index is 0. The fourth-order valence-corrected chi connectivity index (χ4v) is 5.04. The zero-order valence-electron chi connectivity index (χ0n) is 22.8. The van der Waals surface area contributed by atoms with Crippen LogP contribution in [0.3, 0.4) is 0 Å². The second kappa shape index (κ2) is 12.6. The Morgan fingerprint density at radius 1 is 1.00 bits per heavy atom. The van der Waals surface area contributed by atoms with Crippen LogP contribution in [0.4, 0.5) is 17.1 Å². The molecule has 0 bridgehead atoms. The first-order valence-electron chi connectivity index (χ1n) is 13.3. The number of halogens is 1. The minimum atomic E-state index is -0.899. The molecule has 204 valence electrons. The highest BCUT2D eigenvalue weighted by molar-refractivity contribution is 6.16. The molecule has 38 heavy (non-hydrogen) atoms. The van der Waals surface area contributed by atoms with Gasteiger partial charge < -0.3 is 15.5 Å². The van der Waals surface area contributed by atoms with Gasteiger partial charge in [-0.15, -0.1) is 12.4 Å². The van der Waals surface area contributed by atoms with Gasteiger partial charge in [-0.25, -0.2) is 0 Å². The maximum atomic E-state index is 14.0. The lowest BCUT2D eigenvalue weighted by Crippen LogP contribution is -2.44. The van der Waals surface area contributed by atoms with Crippen LogP contribution in [0.25, 0.3) is 0 Å². The van der Waals surface area contributed by atoms with E-state index in [1.807, 2.05) is 76.3 Å². The number of hydrogen-bond donors (Lipinski definition) is 2. The van der Waals surface area contributed by atoms with Crippen molar-refractivity contribution in [3.8, 4) is 0 Å². The average Bonchev–Trinajstić information content (AvgIpc) is 2.99. The van der Waals surface area contributed by atoms with Gasteiger partial charge in [-0.05, 0) is 37.1 Å². The van der Waals surface area contributed by atoms with Crippen LogP contribution in [-0.4, -0.2) is 42.9 Å². The molecule has 2 aromatic carbocycles. The Morgan fingerprint density at radius 3 is 2.37 bits per heavy atom. The zero-order valence-corrected chi connectivity index (χ0v) is 23.6. The number of Topliss-reactive ketones (excluding diaryl/α,β-unsaturated/α-hetero) is 1. The molecule has 2 amide bonds. The minimum Gasteiger partial charge on any atom is -0.388 e. The number of carbonyl (C=O) groups excluding carboxylic acids is 3. The Morgan fingerprint density at radius 2 is 1.68 bits per heavy atom. The molecule has 1 atom stereocenters. The second-order valence-corrected chi connectivity index (χ2v) is 11.1. The molecule has 0 saturated heterocycles. The molecular formula is C30H39ClN4O3. The Hall–Kier alpha value is -3.19. The van der Waals surface area contributed by atoms with Crippen LogP contribution < -0.4 is 15.5 Å². The average molecular weight is 539 g/mol. The van der Waals surface area contributed by atoms with Gasteiger partial charge in [0.1, 0.15) is 6.04 Å². The molecule has 0 aromatic heterocycles. The van der Waals surface area contributed by atoms with E-state index in [4.69, 9.17) is 4.99 Å². The van der Waals surface area contributed by atoms with Gasteiger partial charge in [-0.1, -0.05) is 64.3 Å². The van der Waals surface area contributed by atoms with Crippen molar-refractivity contribution in [2.75, 3.05) is 29.1 Å². The third-order valence-corrected chi connectivity index (χ3v) is 7.26. The lowest BCUT2D eigenvalue weighted by Gasteiger charge is -2.28. The second-order valence-electron chi connectivity index (χ2n) is 11.1. The molecule has 1 fully saturated rings. The fourth-order valence-electron chi connectivity index (χ4n) is 5.04. The van der Waals surface area contributed by atoms with E-state index in [2.05, 4.69) is 10.6 Å². The van der Waals surface area contributed by atoms with Crippen LogP contribution >= 0.6 is 12.4 Å². The molecule has 2 aromatic rings. The maximum absolute atomic E-state index is 14.0. The number of benzodiazepines with no additional fused rings is 1. The number of nitrogens with one attached hydrogen (secondary N) is 2. The van der Waals surface area contributed by atoms with Gasteiger partial charge in [0.15, 0.2) is 5.78 Å². The summed E-state index contributed by atoms with van der Waals surface area (Å²) in [5, 5.41) is 5.97. The number of nitrogens with zero attached hydrogens (tertiary/aromatic N) is 2. The van der Waals surface area contributed by atoms with E-state index in [9.17, 15) is 14.4 Å². The Bertz CT molecular complexity index is 1200. The van der Waals surface area contributed by atoms with Gasteiger partial charge in [0, 0.05) is 41.0 Å². The van der Waals surface area contributed by atoms with E-state index in [1.54, 1.807) is 4.90 Å². The summed E-state index contributed by atoms with van der Waals surface area (Å²) in [5.74, 6) is -0.399. The molecule has 1 aliphatic carbocycles. The van der Waals surface area contributed by atoms with Gasteiger partial charge in [-0.3, -0.25) is 19.4 Å². The van der Waals surface area contributed by atoms with Crippen molar-refractivity contribution >= 4 is 52.8 Å². The predicted molar refractivity (Wildman–Crippen MR) is 157 cm³/mol. The number of fused-ring (bicyclic) bond motifs is 1. The van der Waals surface area contributed by atoms with Crippen LogP contribution in [0.2, 0.25) is 0 Å². The quantitative estimate of drug-likeness (QED) is 0.460. The lowest BCUT2D eigenvalue weighted by atomic mass is 9.82. The van der Waals surface area contributed by atoms with Crippen molar-refractivity contribution in [1.29, 1.82) is 0 Å². The standard InChI is InChI=1S/C30H38N4O3.ClH/c1-30(2,3)26(35)19-34-25-16-9-8-15-23(25)28(20-11-6-5-7-12-20)33-24(29(34)37)18-27(36)32-22-14-10-13-21(17-22)31-4;/h8-10,13-17,20,24,31H,5-7,11-12,18-19H2,1-4H3,(H,32,36);1H/t24-;/m0./s1. The van der Waals surface area contributed by atoms with E-state index >= 15 is 0 Å². The van der Waals surface area contributed by atoms with Crippen molar-refractivity contribution in [3.05, 3.63) is 54.1 Å². The molecule has 4 rings (SSSR count). The van der Waals surface area contributed by atoms with E-state index in [1.165, 1.54) is 6.42 Å². The summed E-state index contributed by atoms with van der Waals surface area (Å²) in [6, 6.07) is 14.3. The van der Waals surface area contributed by atoms with Gasteiger partial charge in [0.2, 0.25) is 5.91 Å². The highest BCUT2D eigenvalue weighted by Crippen LogP contribution is 2.35. The highest BCUT2D eigenvalue weighted by atomic mass is 35.5. The molecule has 0 unspecified atom stereocenters. The summed E-state index contributed by atoms with van der Waals surface area (Å²) in [5.41, 5.74) is 3.43. The van der Waals surface area contributed by atoms with Crippen molar-refractivity contribution in [2.24, 2.45) is 16.3 Å². The topological polar surface area (TPSA) is 90.9 Å². The first kappa shape index (κ1) is 29.4. The molecule has 1 aliphatic heterocycles. The van der Waals surface area contributed by atoms with E-state index in [0.29, 0.717) is 11.4 Å². The number of benzene rings is 2. The van der Waals surface area contributed by atoms with Gasteiger partial charge in [0.25, 0.3) is 5.91 Å². The number of amides is 2. The summed E-state index contributed by atoms with van der Waals surface area (Å²) < 4.78 is 0. The molecule has 2 aliphatic rings. The third kappa shape index (κ3) is 6.81. The number of ketones is 1. The van der Waals surface area contributed by atoms with Crippen LogP contribution in [0.15, 0.2) is 53.5 Å². The number of hydrogen-bond acceptors (Lipinski definition) is 5. The SMILES string of the molecule is CNc1cccc(NC(=O)C[C@@H]2N=C(C3CCCCC3)c3ccccc3N(CC(=O)C(C)(C)C)C2=O)c1.Cl. The Labute approximate surface area is 231 Å². The van der Waals surface area contributed by atoms with Crippen LogP contribution in [0, 0.1) is 11.3 Å². The Balaban J connectivity index is 0.00000400. The summed E-state index contributed by atoms with van der Waals surface area (Å²) >= 11 is 0. The van der Waals surface area contributed by atoms with Gasteiger partial charge in [0.05, 0.1) is 18.7 Å². The highest BCUT2D eigenvalue weighted by Gasteiger charge is 2.37. The molecule has 0 spiro atoms.